The third-order valence-corrected chi connectivity index (χ3v) is 2.47. The van der Waals surface area contributed by atoms with Crippen LogP contribution < -0.4 is 5.32 Å². The molecular formula is C11H23F3N2. The summed E-state index contributed by atoms with van der Waals surface area (Å²) >= 11 is 0. The van der Waals surface area contributed by atoms with Crippen LogP contribution in [0.15, 0.2) is 0 Å². The Bertz CT molecular complexity index is 165. The topological polar surface area (TPSA) is 15.3 Å². The van der Waals surface area contributed by atoms with Gasteiger partial charge in [-0.1, -0.05) is 20.3 Å². The van der Waals surface area contributed by atoms with Crippen molar-refractivity contribution in [1.82, 2.24) is 10.2 Å². The molecule has 0 radical (unpaired) electrons. The Balaban J connectivity index is 4.42. The monoisotopic (exact) mass is 240 g/mol. The second-order valence-corrected chi connectivity index (χ2v) is 4.09. The molecule has 0 fully saturated rings. The van der Waals surface area contributed by atoms with Gasteiger partial charge in [-0.2, -0.15) is 13.2 Å². The van der Waals surface area contributed by atoms with E-state index in [1.54, 1.807) is 11.9 Å². The van der Waals surface area contributed by atoms with Gasteiger partial charge < -0.3 is 5.32 Å². The van der Waals surface area contributed by atoms with Gasteiger partial charge in [0.15, 0.2) is 0 Å². The zero-order valence-electron chi connectivity index (χ0n) is 10.4. The molecule has 0 rings (SSSR count). The Hall–Kier alpha value is -0.290. The van der Waals surface area contributed by atoms with E-state index in [1.165, 1.54) is 0 Å². The molecule has 0 aromatic heterocycles. The smallest absolute Gasteiger partial charge is 0.318 e. The second kappa shape index (κ2) is 7.90. The van der Waals surface area contributed by atoms with Gasteiger partial charge in [-0.3, -0.25) is 4.90 Å². The number of hydrogen-bond acceptors (Lipinski definition) is 2. The Morgan fingerprint density at radius 3 is 2.19 bits per heavy atom. The third-order valence-electron chi connectivity index (χ3n) is 2.47. The van der Waals surface area contributed by atoms with E-state index in [4.69, 9.17) is 0 Å². The molecule has 0 amide bonds. The Morgan fingerprint density at radius 1 is 1.19 bits per heavy atom. The Morgan fingerprint density at radius 2 is 1.81 bits per heavy atom. The fourth-order valence-corrected chi connectivity index (χ4v) is 1.89. The van der Waals surface area contributed by atoms with Crippen LogP contribution in [-0.2, 0) is 0 Å². The van der Waals surface area contributed by atoms with Gasteiger partial charge in [0.05, 0.1) is 6.54 Å². The summed E-state index contributed by atoms with van der Waals surface area (Å²) in [4.78, 5) is 1.54. The summed E-state index contributed by atoms with van der Waals surface area (Å²) in [6.45, 7) is 4.23. The molecule has 0 aliphatic carbocycles. The summed E-state index contributed by atoms with van der Waals surface area (Å²) in [5, 5.41) is 2.97. The molecule has 1 atom stereocenters. The van der Waals surface area contributed by atoms with Crippen LogP contribution in [0.3, 0.4) is 0 Å². The summed E-state index contributed by atoms with van der Waals surface area (Å²) in [6.07, 6.45) is -1.64. The van der Waals surface area contributed by atoms with Crippen molar-refractivity contribution in [3.63, 3.8) is 0 Å². The number of likely N-dealkylation sites (N-methyl/N-ethyl adjacent to an activating group) is 1. The van der Waals surface area contributed by atoms with E-state index in [0.29, 0.717) is 13.1 Å². The lowest BCUT2D eigenvalue weighted by molar-refractivity contribution is -0.151. The van der Waals surface area contributed by atoms with E-state index in [0.717, 1.165) is 19.3 Å². The molecule has 0 saturated carbocycles. The molecule has 0 aromatic carbocycles. The average molecular weight is 240 g/mol. The van der Waals surface area contributed by atoms with Crippen molar-refractivity contribution in [2.24, 2.45) is 0 Å². The normalized spacial score (nSPS) is 14.4. The molecule has 0 spiro atoms. The molecule has 0 aliphatic heterocycles. The first kappa shape index (κ1) is 15.7. The van der Waals surface area contributed by atoms with Crippen molar-refractivity contribution in [2.45, 2.75) is 45.3 Å². The maximum atomic E-state index is 12.4. The number of alkyl halides is 3. The molecule has 0 bridgehead atoms. The van der Waals surface area contributed by atoms with Gasteiger partial charge in [0.25, 0.3) is 0 Å². The van der Waals surface area contributed by atoms with Crippen molar-refractivity contribution >= 4 is 0 Å². The largest absolute Gasteiger partial charge is 0.401 e. The van der Waals surface area contributed by atoms with Gasteiger partial charge in [0, 0.05) is 12.6 Å². The van der Waals surface area contributed by atoms with Crippen LogP contribution in [-0.4, -0.2) is 43.8 Å². The highest BCUT2D eigenvalue weighted by atomic mass is 19.4. The SMILES string of the molecule is CCCC(CNC)N(CCC)CC(F)(F)F. The highest BCUT2D eigenvalue weighted by Crippen LogP contribution is 2.19. The first-order valence-corrected chi connectivity index (χ1v) is 5.90. The van der Waals surface area contributed by atoms with Crippen molar-refractivity contribution < 1.29 is 13.2 Å². The number of halogens is 3. The zero-order chi connectivity index (χ0) is 12.6. The van der Waals surface area contributed by atoms with E-state index in [-0.39, 0.29) is 6.04 Å². The average Bonchev–Trinajstić information content (AvgIpc) is 2.15. The van der Waals surface area contributed by atoms with Crippen molar-refractivity contribution in [3.8, 4) is 0 Å². The van der Waals surface area contributed by atoms with Crippen LogP contribution in [0.1, 0.15) is 33.1 Å². The summed E-state index contributed by atoms with van der Waals surface area (Å²) in [7, 11) is 1.78. The molecular weight excluding hydrogens is 217 g/mol. The summed E-state index contributed by atoms with van der Waals surface area (Å²) in [5.41, 5.74) is 0. The minimum atomic E-state index is -4.10. The number of hydrogen-bond donors (Lipinski definition) is 1. The van der Waals surface area contributed by atoms with Gasteiger partial charge in [-0.15, -0.1) is 0 Å². The van der Waals surface area contributed by atoms with Crippen LogP contribution in [0, 0.1) is 0 Å². The molecule has 0 saturated heterocycles. The van der Waals surface area contributed by atoms with Crippen molar-refractivity contribution in [1.29, 1.82) is 0 Å². The van der Waals surface area contributed by atoms with E-state index in [1.807, 2.05) is 13.8 Å². The van der Waals surface area contributed by atoms with Crippen LogP contribution in [0.25, 0.3) is 0 Å². The third kappa shape index (κ3) is 7.06. The molecule has 1 unspecified atom stereocenters. The maximum Gasteiger partial charge on any atom is 0.401 e. The lowest BCUT2D eigenvalue weighted by Gasteiger charge is -2.32. The van der Waals surface area contributed by atoms with Crippen LogP contribution >= 0.6 is 0 Å². The molecule has 5 heteroatoms. The highest BCUT2D eigenvalue weighted by Gasteiger charge is 2.32. The van der Waals surface area contributed by atoms with E-state index >= 15 is 0 Å². The molecule has 98 valence electrons. The standard InChI is InChI=1S/C11H23F3N2/c1-4-6-10(8-15-3)16(7-5-2)9-11(12,13)14/h10,15H,4-9H2,1-3H3. The quantitative estimate of drug-likeness (QED) is 0.701. The molecule has 0 heterocycles. The van der Waals surface area contributed by atoms with Gasteiger partial charge in [-0.25, -0.2) is 0 Å². The fraction of sp³-hybridized carbons (Fsp3) is 1.00. The minimum absolute atomic E-state index is 0.0171. The van der Waals surface area contributed by atoms with E-state index in [9.17, 15) is 13.2 Å². The lowest BCUT2D eigenvalue weighted by Crippen LogP contribution is -2.46. The highest BCUT2D eigenvalue weighted by molar-refractivity contribution is 4.75. The van der Waals surface area contributed by atoms with Crippen molar-refractivity contribution in [3.05, 3.63) is 0 Å². The number of nitrogens with zero attached hydrogens (tertiary/aromatic N) is 1. The van der Waals surface area contributed by atoms with Gasteiger partial charge in [0.1, 0.15) is 0 Å². The van der Waals surface area contributed by atoms with Crippen LogP contribution in [0.4, 0.5) is 13.2 Å². The molecule has 0 aromatic rings. The van der Waals surface area contributed by atoms with Gasteiger partial charge in [-0.05, 0) is 26.4 Å². The van der Waals surface area contributed by atoms with Crippen molar-refractivity contribution in [2.75, 3.05) is 26.7 Å². The predicted molar refractivity (Wildman–Crippen MR) is 60.5 cm³/mol. The van der Waals surface area contributed by atoms with Gasteiger partial charge in [0.2, 0.25) is 0 Å². The summed E-state index contributed by atoms with van der Waals surface area (Å²) < 4.78 is 37.2. The van der Waals surface area contributed by atoms with Crippen LogP contribution in [0.2, 0.25) is 0 Å². The first-order chi connectivity index (χ1) is 7.44. The Labute approximate surface area is 96.2 Å². The van der Waals surface area contributed by atoms with Crippen LogP contribution in [0.5, 0.6) is 0 Å². The minimum Gasteiger partial charge on any atom is -0.318 e. The zero-order valence-corrected chi connectivity index (χ0v) is 10.4. The number of nitrogens with one attached hydrogen (secondary N) is 1. The first-order valence-electron chi connectivity index (χ1n) is 5.90. The van der Waals surface area contributed by atoms with Gasteiger partial charge >= 0.3 is 6.18 Å². The lowest BCUT2D eigenvalue weighted by atomic mass is 10.1. The molecule has 16 heavy (non-hydrogen) atoms. The predicted octanol–water partition coefficient (Wildman–Crippen LogP) is 2.65. The fourth-order valence-electron chi connectivity index (χ4n) is 1.89. The number of rotatable bonds is 8. The molecule has 2 nitrogen and oxygen atoms in total. The van der Waals surface area contributed by atoms with E-state index < -0.39 is 12.7 Å². The van der Waals surface area contributed by atoms with E-state index in [2.05, 4.69) is 5.32 Å². The summed E-state index contributed by atoms with van der Waals surface area (Å²) in [6, 6.07) is -0.0171. The summed E-state index contributed by atoms with van der Waals surface area (Å²) in [5.74, 6) is 0. The molecule has 1 N–H and O–H groups in total. The second-order valence-electron chi connectivity index (χ2n) is 4.09. The molecule has 0 aliphatic rings. The maximum absolute atomic E-state index is 12.4. The Kier molecular flexibility index (Phi) is 7.76.